The van der Waals surface area contributed by atoms with Crippen LogP contribution in [-0.4, -0.2) is 11.6 Å². The molecular formula is C24H21ClN2O2S. The van der Waals surface area contributed by atoms with Gasteiger partial charge in [-0.15, -0.1) is 0 Å². The molecule has 30 heavy (non-hydrogen) atoms. The monoisotopic (exact) mass is 436 g/mol. The van der Waals surface area contributed by atoms with Crippen molar-refractivity contribution in [3.8, 4) is 17.1 Å². The minimum absolute atomic E-state index is 0.608. The first-order valence-electron chi connectivity index (χ1n) is 10.2. The van der Waals surface area contributed by atoms with Gasteiger partial charge in [0.1, 0.15) is 17.1 Å². The van der Waals surface area contributed by atoms with E-state index in [2.05, 4.69) is 0 Å². The van der Waals surface area contributed by atoms with E-state index >= 15 is 0 Å². The summed E-state index contributed by atoms with van der Waals surface area (Å²) in [6, 6.07) is 15.4. The fourth-order valence-electron chi connectivity index (χ4n) is 3.74. The van der Waals surface area contributed by atoms with E-state index in [1.807, 2.05) is 55.5 Å². The Balaban J connectivity index is 1.70. The van der Waals surface area contributed by atoms with Gasteiger partial charge >= 0.3 is 0 Å². The summed E-state index contributed by atoms with van der Waals surface area (Å²) >= 11 is 7.76. The van der Waals surface area contributed by atoms with Crippen molar-refractivity contribution in [2.24, 2.45) is 4.99 Å². The van der Waals surface area contributed by atoms with Crippen LogP contribution in [0.5, 0.6) is 5.75 Å². The molecule has 5 rings (SSSR count). The summed E-state index contributed by atoms with van der Waals surface area (Å²) in [7, 11) is 0. The summed E-state index contributed by atoms with van der Waals surface area (Å²) in [6.45, 7) is 2.58. The van der Waals surface area contributed by atoms with Gasteiger partial charge in [0.25, 0.3) is 0 Å². The number of nitrogens with zero attached hydrogens (tertiary/aromatic N) is 2. The third-order valence-corrected chi connectivity index (χ3v) is 6.51. The Morgan fingerprint density at radius 1 is 1.10 bits per heavy atom. The Bertz CT molecular complexity index is 1250. The second-order valence-electron chi connectivity index (χ2n) is 7.28. The van der Waals surface area contributed by atoms with Crippen molar-refractivity contribution < 1.29 is 9.15 Å². The van der Waals surface area contributed by atoms with Gasteiger partial charge < -0.3 is 9.15 Å². The zero-order chi connectivity index (χ0) is 20.5. The number of aromatic nitrogens is 1. The highest BCUT2D eigenvalue weighted by molar-refractivity contribution is 7.15. The molecule has 0 amide bonds. The summed E-state index contributed by atoms with van der Waals surface area (Å²) in [5.74, 6) is 1.54. The van der Waals surface area contributed by atoms with Gasteiger partial charge in [0, 0.05) is 26.9 Å². The normalized spacial score (nSPS) is 14.1. The van der Waals surface area contributed by atoms with E-state index in [1.165, 1.54) is 23.4 Å². The number of hydrogen-bond donors (Lipinski definition) is 0. The van der Waals surface area contributed by atoms with E-state index in [4.69, 9.17) is 30.7 Å². The zero-order valence-corrected chi connectivity index (χ0v) is 18.2. The van der Waals surface area contributed by atoms with Gasteiger partial charge in [0.15, 0.2) is 0 Å². The molecule has 6 heteroatoms. The van der Waals surface area contributed by atoms with Crippen molar-refractivity contribution in [1.82, 2.24) is 4.98 Å². The highest BCUT2D eigenvalue weighted by Gasteiger charge is 2.15. The third-order valence-electron chi connectivity index (χ3n) is 5.20. The molecule has 1 aliphatic carbocycles. The smallest absolute Gasteiger partial charge is 0.210 e. The van der Waals surface area contributed by atoms with E-state index in [1.54, 1.807) is 11.3 Å². The second-order valence-corrected chi connectivity index (χ2v) is 8.78. The van der Waals surface area contributed by atoms with Crippen molar-refractivity contribution in [3.05, 3.63) is 69.5 Å². The summed E-state index contributed by atoms with van der Waals surface area (Å²) in [4.78, 5) is 11.1. The Morgan fingerprint density at radius 3 is 2.73 bits per heavy atom. The fourth-order valence-corrected chi connectivity index (χ4v) is 4.90. The lowest BCUT2D eigenvalue weighted by atomic mass is 10.0. The minimum Gasteiger partial charge on any atom is -0.494 e. The van der Waals surface area contributed by atoms with Crippen molar-refractivity contribution in [2.45, 2.75) is 32.6 Å². The maximum Gasteiger partial charge on any atom is 0.210 e. The number of benzene rings is 2. The zero-order valence-electron chi connectivity index (χ0n) is 16.7. The molecule has 0 fully saturated rings. The van der Waals surface area contributed by atoms with Crippen LogP contribution in [0.3, 0.4) is 0 Å². The molecule has 152 valence electrons. The van der Waals surface area contributed by atoms with E-state index in [0.29, 0.717) is 11.6 Å². The molecular weight excluding hydrogens is 416 g/mol. The van der Waals surface area contributed by atoms with E-state index in [0.717, 1.165) is 51.4 Å². The molecule has 0 N–H and O–H groups in total. The van der Waals surface area contributed by atoms with Crippen LogP contribution in [0.2, 0.25) is 5.02 Å². The molecule has 2 aromatic heterocycles. The van der Waals surface area contributed by atoms with Gasteiger partial charge in [0.2, 0.25) is 5.13 Å². The number of ether oxygens (including phenoxy) is 1. The lowest BCUT2D eigenvalue weighted by molar-refractivity contribution is 0.340. The maximum absolute atomic E-state index is 6.20. The highest BCUT2D eigenvalue weighted by Crippen LogP contribution is 2.32. The van der Waals surface area contributed by atoms with E-state index < -0.39 is 0 Å². The lowest BCUT2D eigenvalue weighted by Gasteiger charge is -2.07. The third kappa shape index (κ3) is 3.87. The Labute approximate surface area is 183 Å². The molecule has 0 radical (unpaired) electrons. The molecule has 0 unspecified atom stereocenters. The van der Waals surface area contributed by atoms with Crippen LogP contribution < -0.4 is 10.1 Å². The lowest BCUT2D eigenvalue weighted by Crippen LogP contribution is -2.04. The van der Waals surface area contributed by atoms with Crippen molar-refractivity contribution in [1.29, 1.82) is 0 Å². The summed E-state index contributed by atoms with van der Waals surface area (Å²) in [6.07, 6.45) is 4.61. The molecule has 1 aliphatic rings. The van der Waals surface area contributed by atoms with Crippen molar-refractivity contribution >= 4 is 39.0 Å². The number of halogens is 1. The Hall–Kier alpha value is -2.63. The number of hydrogen-bond acceptors (Lipinski definition) is 5. The first kappa shape index (κ1) is 19.3. The average molecular weight is 437 g/mol. The van der Waals surface area contributed by atoms with Crippen LogP contribution in [0.4, 0.5) is 5.13 Å². The van der Waals surface area contributed by atoms with E-state index in [9.17, 15) is 0 Å². The molecule has 0 aliphatic heterocycles. The van der Waals surface area contributed by atoms with Crippen LogP contribution in [0.25, 0.3) is 22.3 Å². The predicted octanol–water partition coefficient (Wildman–Crippen LogP) is 6.72. The molecule has 0 atom stereocenters. The van der Waals surface area contributed by atoms with Gasteiger partial charge in [-0.2, -0.15) is 0 Å². The maximum atomic E-state index is 6.20. The number of aryl methyl sites for hydroxylation is 2. The minimum atomic E-state index is 0.608. The first-order valence-corrected chi connectivity index (χ1v) is 11.4. The first-order chi connectivity index (χ1) is 14.7. The van der Waals surface area contributed by atoms with Crippen LogP contribution in [-0.2, 0) is 12.8 Å². The fraction of sp³-hybridized carbons (Fsp3) is 0.250. The topological polar surface area (TPSA) is 47.6 Å². The van der Waals surface area contributed by atoms with Crippen LogP contribution >= 0.6 is 22.9 Å². The molecule has 0 spiro atoms. The summed E-state index contributed by atoms with van der Waals surface area (Å²) < 4.78 is 11.9. The largest absolute Gasteiger partial charge is 0.494 e. The molecule has 0 bridgehead atoms. The Kier molecular flexibility index (Phi) is 5.32. The number of thiazole rings is 1. The standard InChI is InChI=1S/C24H21ClN2O2S/c1-2-28-17-11-12-21-18(13-17)20(14-22(29-21)15-7-9-16(25)10-8-15)27-24-26-19-5-3-4-6-23(19)30-24/h7-14H,2-6H2,1H3/b27-20+. The SMILES string of the molecule is CCOc1ccc2oc(-c3ccc(Cl)cc3)c/c(=N\c3nc4c(s3)CCCC4)c2c1. The van der Waals surface area contributed by atoms with Crippen LogP contribution in [0, 0.1) is 0 Å². The predicted molar refractivity (Wildman–Crippen MR) is 122 cm³/mol. The van der Waals surface area contributed by atoms with Gasteiger partial charge in [-0.05, 0) is 75.1 Å². The summed E-state index contributed by atoms with van der Waals surface area (Å²) in [5, 5.41) is 3.23. The highest BCUT2D eigenvalue weighted by atomic mass is 35.5. The molecule has 0 saturated heterocycles. The van der Waals surface area contributed by atoms with Gasteiger partial charge in [-0.3, -0.25) is 0 Å². The van der Waals surface area contributed by atoms with Crippen molar-refractivity contribution in [3.63, 3.8) is 0 Å². The average Bonchev–Trinajstić information content (AvgIpc) is 3.17. The second kappa shape index (κ2) is 8.25. The molecule has 4 aromatic rings. The van der Waals surface area contributed by atoms with Crippen molar-refractivity contribution in [2.75, 3.05) is 6.61 Å². The van der Waals surface area contributed by atoms with E-state index in [-0.39, 0.29) is 0 Å². The quantitative estimate of drug-likeness (QED) is 0.356. The molecule has 0 saturated carbocycles. The number of rotatable bonds is 4. The molecule has 2 heterocycles. The number of fused-ring (bicyclic) bond motifs is 2. The van der Waals surface area contributed by atoms with Gasteiger partial charge in [-0.1, -0.05) is 22.9 Å². The Morgan fingerprint density at radius 2 is 1.93 bits per heavy atom. The van der Waals surface area contributed by atoms with Crippen LogP contribution in [0.15, 0.2) is 57.9 Å². The summed E-state index contributed by atoms with van der Waals surface area (Å²) in [5.41, 5.74) is 2.92. The molecule has 4 nitrogen and oxygen atoms in total. The molecule has 2 aromatic carbocycles. The van der Waals surface area contributed by atoms with Gasteiger partial charge in [0.05, 0.1) is 17.7 Å². The van der Waals surface area contributed by atoms with Gasteiger partial charge in [-0.25, -0.2) is 9.98 Å². The van der Waals surface area contributed by atoms with Crippen LogP contribution in [0.1, 0.15) is 30.3 Å².